The molecule has 4 aromatic rings. The van der Waals surface area contributed by atoms with Crippen molar-refractivity contribution in [3.63, 3.8) is 0 Å². The minimum absolute atomic E-state index is 0.0500. The van der Waals surface area contributed by atoms with Crippen LogP contribution in [0.4, 0.5) is 0 Å². The van der Waals surface area contributed by atoms with Crippen molar-refractivity contribution < 1.29 is 28.4 Å². The molecule has 1 aliphatic carbocycles. The van der Waals surface area contributed by atoms with Crippen molar-refractivity contribution in [2.75, 3.05) is 6.61 Å². The van der Waals surface area contributed by atoms with Gasteiger partial charge in [-0.15, -0.1) is 0 Å². The van der Waals surface area contributed by atoms with Crippen LogP contribution in [0.3, 0.4) is 0 Å². The fraction of sp³-hybridized carbons (Fsp3) is 0.455. The Balaban J connectivity index is 1.33. The van der Waals surface area contributed by atoms with Crippen LogP contribution in [0, 0.1) is 17.8 Å². The first-order chi connectivity index (χ1) is 24.5. The van der Waals surface area contributed by atoms with Gasteiger partial charge in [0.05, 0.1) is 39.1 Å². The molecule has 0 spiro atoms. The van der Waals surface area contributed by atoms with Crippen LogP contribution in [0.15, 0.2) is 121 Å². The van der Waals surface area contributed by atoms with E-state index in [1.165, 1.54) is 6.42 Å². The molecule has 1 aliphatic heterocycles. The van der Waals surface area contributed by atoms with Crippen molar-refractivity contribution in [3.05, 3.63) is 144 Å². The smallest absolute Gasteiger partial charge is 0.187 e. The van der Waals surface area contributed by atoms with Crippen molar-refractivity contribution in [2.24, 2.45) is 17.8 Å². The molecule has 0 aromatic heterocycles. The Bertz CT molecular complexity index is 1500. The maximum atomic E-state index is 7.13. The standard InChI is InChI=1S/C44H54O6/c1-32(2)38-25-24-33(3)26-39(38)49-44-43(48-30-37-22-14-7-15-23-37)42(47-29-36-20-12-6-13-21-36)41(46-28-35-18-10-5-11-19-35)40(50-44)31-45-27-34-16-8-4-9-17-34/h4-23,32-33,38-44H,24-31H2,1-3H3/t33?,38?,39?,40-,41-,42+,43-,44-/m1/s1. The summed E-state index contributed by atoms with van der Waals surface area (Å²) in [6.45, 7) is 8.94. The van der Waals surface area contributed by atoms with E-state index in [4.69, 9.17) is 28.4 Å². The van der Waals surface area contributed by atoms with Crippen LogP contribution in [0.2, 0.25) is 0 Å². The summed E-state index contributed by atoms with van der Waals surface area (Å²) < 4.78 is 41.1. The molecular formula is C44H54O6. The number of benzene rings is 4. The topological polar surface area (TPSA) is 55.4 Å². The van der Waals surface area contributed by atoms with Crippen LogP contribution >= 0.6 is 0 Å². The molecule has 0 radical (unpaired) electrons. The van der Waals surface area contributed by atoms with E-state index >= 15 is 0 Å². The summed E-state index contributed by atoms with van der Waals surface area (Å²) in [5.41, 5.74) is 4.34. The molecular weight excluding hydrogens is 624 g/mol. The maximum Gasteiger partial charge on any atom is 0.187 e. The van der Waals surface area contributed by atoms with E-state index in [-0.39, 0.29) is 6.10 Å². The van der Waals surface area contributed by atoms with Crippen LogP contribution in [0.5, 0.6) is 0 Å². The molecule has 0 bridgehead atoms. The first kappa shape index (κ1) is 36.4. The van der Waals surface area contributed by atoms with Crippen LogP contribution in [0.1, 0.15) is 62.3 Å². The lowest BCUT2D eigenvalue weighted by Gasteiger charge is -2.48. The van der Waals surface area contributed by atoms with Crippen LogP contribution < -0.4 is 0 Å². The molecule has 50 heavy (non-hydrogen) atoms. The predicted octanol–water partition coefficient (Wildman–Crippen LogP) is 9.16. The molecule has 6 heteroatoms. The van der Waals surface area contributed by atoms with Gasteiger partial charge in [0.2, 0.25) is 0 Å². The molecule has 266 valence electrons. The van der Waals surface area contributed by atoms with Gasteiger partial charge in [0.15, 0.2) is 6.29 Å². The zero-order valence-electron chi connectivity index (χ0n) is 29.8. The molecule has 6 rings (SSSR count). The largest absolute Gasteiger partial charge is 0.374 e. The molecule has 1 saturated heterocycles. The molecule has 6 nitrogen and oxygen atoms in total. The van der Waals surface area contributed by atoms with Crippen LogP contribution in [-0.2, 0) is 54.8 Å². The highest BCUT2D eigenvalue weighted by atomic mass is 16.7. The predicted molar refractivity (Wildman–Crippen MR) is 196 cm³/mol. The van der Waals surface area contributed by atoms with E-state index in [0.29, 0.717) is 50.8 Å². The molecule has 3 unspecified atom stereocenters. The fourth-order valence-electron chi connectivity index (χ4n) is 7.30. The third-order valence-electron chi connectivity index (χ3n) is 10.1. The highest BCUT2D eigenvalue weighted by Crippen LogP contribution is 2.39. The Labute approximate surface area is 299 Å². The second-order valence-electron chi connectivity index (χ2n) is 14.3. The van der Waals surface area contributed by atoms with Gasteiger partial charge in [-0.3, -0.25) is 0 Å². The Morgan fingerprint density at radius 2 is 1.04 bits per heavy atom. The Morgan fingerprint density at radius 1 is 0.580 bits per heavy atom. The summed E-state index contributed by atoms with van der Waals surface area (Å²) >= 11 is 0. The Kier molecular flexibility index (Phi) is 13.7. The van der Waals surface area contributed by atoms with Gasteiger partial charge in [0.25, 0.3) is 0 Å². The summed E-state index contributed by atoms with van der Waals surface area (Å²) in [5, 5.41) is 0. The number of ether oxygens (including phenoxy) is 6. The monoisotopic (exact) mass is 678 g/mol. The first-order valence-corrected chi connectivity index (χ1v) is 18.4. The third kappa shape index (κ3) is 10.3. The molecule has 1 saturated carbocycles. The highest BCUT2D eigenvalue weighted by Gasteiger charge is 2.50. The highest BCUT2D eigenvalue weighted by molar-refractivity contribution is 5.16. The average Bonchev–Trinajstić information content (AvgIpc) is 3.14. The molecule has 2 aliphatic rings. The van der Waals surface area contributed by atoms with Gasteiger partial charge in [-0.25, -0.2) is 0 Å². The third-order valence-corrected chi connectivity index (χ3v) is 10.1. The van der Waals surface area contributed by atoms with Crippen molar-refractivity contribution in [1.82, 2.24) is 0 Å². The molecule has 0 amide bonds. The van der Waals surface area contributed by atoms with Crippen molar-refractivity contribution in [1.29, 1.82) is 0 Å². The normalized spacial score (nSPS) is 27.0. The van der Waals surface area contributed by atoms with Gasteiger partial charge in [-0.05, 0) is 52.8 Å². The van der Waals surface area contributed by atoms with Gasteiger partial charge < -0.3 is 28.4 Å². The van der Waals surface area contributed by atoms with Gasteiger partial charge in [0.1, 0.15) is 24.4 Å². The van der Waals surface area contributed by atoms with Crippen molar-refractivity contribution >= 4 is 0 Å². The number of hydrogen-bond donors (Lipinski definition) is 0. The van der Waals surface area contributed by atoms with Crippen molar-refractivity contribution in [2.45, 2.75) is 103 Å². The summed E-state index contributed by atoms with van der Waals surface area (Å²) in [6, 6.07) is 41.0. The zero-order chi connectivity index (χ0) is 34.5. The van der Waals surface area contributed by atoms with Gasteiger partial charge in [0, 0.05) is 0 Å². The second-order valence-corrected chi connectivity index (χ2v) is 14.3. The Hall–Kier alpha value is -3.36. The van der Waals surface area contributed by atoms with E-state index in [9.17, 15) is 0 Å². The van der Waals surface area contributed by atoms with Gasteiger partial charge in [-0.2, -0.15) is 0 Å². The number of hydrogen-bond acceptors (Lipinski definition) is 6. The lowest BCUT2D eigenvalue weighted by Crippen LogP contribution is -2.62. The number of rotatable bonds is 16. The molecule has 0 N–H and O–H groups in total. The summed E-state index contributed by atoms with van der Waals surface area (Å²) in [5.74, 6) is 1.52. The summed E-state index contributed by atoms with van der Waals surface area (Å²) in [4.78, 5) is 0. The van der Waals surface area contributed by atoms with Crippen LogP contribution in [-0.4, -0.2) is 43.4 Å². The minimum Gasteiger partial charge on any atom is -0.374 e. The van der Waals surface area contributed by atoms with Crippen molar-refractivity contribution in [3.8, 4) is 0 Å². The lowest BCUT2D eigenvalue weighted by atomic mass is 9.75. The van der Waals surface area contributed by atoms with E-state index in [2.05, 4.69) is 69.3 Å². The van der Waals surface area contributed by atoms with E-state index in [0.717, 1.165) is 35.1 Å². The van der Waals surface area contributed by atoms with Crippen LogP contribution in [0.25, 0.3) is 0 Å². The van der Waals surface area contributed by atoms with E-state index in [1.54, 1.807) is 0 Å². The maximum absolute atomic E-state index is 7.13. The van der Waals surface area contributed by atoms with E-state index in [1.807, 2.05) is 72.8 Å². The average molecular weight is 679 g/mol. The van der Waals surface area contributed by atoms with Gasteiger partial charge >= 0.3 is 0 Å². The summed E-state index contributed by atoms with van der Waals surface area (Å²) in [6.07, 6.45) is 0.756. The minimum atomic E-state index is -0.669. The molecule has 2 fully saturated rings. The van der Waals surface area contributed by atoms with E-state index < -0.39 is 30.7 Å². The second kappa shape index (κ2) is 18.8. The lowest BCUT2D eigenvalue weighted by molar-refractivity contribution is -0.341. The zero-order valence-corrected chi connectivity index (χ0v) is 29.8. The SMILES string of the molecule is CC1CCC(C(C)C)C(O[C@@H]2O[C@H](COCc3ccccc3)[C@@H](OCc3ccccc3)[C@H](OCc3ccccc3)[C@H]2OCc2ccccc2)C1. The molecule has 8 atom stereocenters. The first-order valence-electron chi connectivity index (χ1n) is 18.4. The van der Waals surface area contributed by atoms with Gasteiger partial charge in [-0.1, -0.05) is 149 Å². The summed E-state index contributed by atoms with van der Waals surface area (Å²) in [7, 11) is 0. The molecule has 1 heterocycles. The molecule has 4 aromatic carbocycles. The Morgan fingerprint density at radius 3 is 1.54 bits per heavy atom. The fourth-order valence-corrected chi connectivity index (χ4v) is 7.30. The quantitative estimate of drug-likeness (QED) is 0.118.